The minimum Gasteiger partial charge on any atom is -0.466 e. The summed E-state index contributed by atoms with van der Waals surface area (Å²) in [7, 11) is 0. The fourth-order valence-electron chi connectivity index (χ4n) is 12.3. The Bertz CT molecular complexity index is 1380. The number of carbonyl (C=O) groups is 2. The average Bonchev–Trinajstić information content (AvgIpc) is 3.51. The molecular formula is C79H151NO5. The standard InChI is InChI=1S/C79H151NO5/c1-3-5-7-9-11-13-15-17-19-21-23-24-25-26-29-32-36-39-43-47-51-55-59-63-67-71-77(82)76(75-81)80-78(83)72-68-64-60-56-52-48-44-40-37-33-30-27-28-31-34-38-42-46-50-54-58-62-66-70-74-85-79(84)73-69-65-61-57-53-49-45-41-35-22-20-18-16-14-12-10-8-6-4-2/h12,14,18,20,67,71,76-77,81-82H,3-11,13,15-17,19,21-66,68-70,72-75H2,1-2H3,(H,80,83)/b14-12-,20-18-,71-67+. The lowest BCUT2D eigenvalue weighted by molar-refractivity contribution is -0.143. The van der Waals surface area contributed by atoms with Gasteiger partial charge >= 0.3 is 5.97 Å². The van der Waals surface area contributed by atoms with Gasteiger partial charge in [0.05, 0.1) is 25.4 Å². The Morgan fingerprint density at radius 1 is 0.329 bits per heavy atom. The van der Waals surface area contributed by atoms with Crippen LogP contribution >= 0.6 is 0 Å². The molecule has 502 valence electrons. The highest BCUT2D eigenvalue weighted by Crippen LogP contribution is 2.20. The number of allylic oxidation sites excluding steroid dienone is 5. The van der Waals surface area contributed by atoms with E-state index in [9.17, 15) is 19.8 Å². The van der Waals surface area contributed by atoms with Crippen molar-refractivity contribution in [3.05, 3.63) is 36.5 Å². The van der Waals surface area contributed by atoms with E-state index in [0.29, 0.717) is 19.4 Å². The van der Waals surface area contributed by atoms with Crippen LogP contribution in [0.1, 0.15) is 431 Å². The van der Waals surface area contributed by atoms with Crippen LogP contribution in [0.3, 0.4) is 0 Å². The molecule has 2 unspecified atom stereocenters. The van der Waals surface area contributed by atoms with Crippen LogP contribution < -0.4 is 5.32 Å². The Balaban J connectivity index is 3.39. The van der Waals surface area contributed by atoms with E-state index in [1.54, 1.807) is 6.08 Å². The minimum atomic E-state index is -0.846. The molecule has 0 bridgehead atoms. The number of hydrogen-bond donors (Lipinski definition) is 3. The first-order chi connectivity index (χ1) is 42.0. The molecule has 0 saturated heterocycles. The maximum absolute atomic E-state index is 12.6. The summed E-state index contributed by atoms with van der Waals surface area (Å²) in [4.78, 5) is 24.7. The number of amides is 1. The zero-order valence-corrected chi connectivity index (χ0v) is 57.6. The number of aliphatic hydroxyl groups excluding tert-OH is 2. The van der Waals surface area contributed by atoms with E-state index >= 15 is 0 Å². The number of carbonyl (C=O) groups excluding carboxylic acids is 2. The van der Waals surface area contributed by atoms with Crippen LogP contribution in [0.25, 0.3) is 0 Å². The van der Waals surface area contributed by atoms with E-state index in [0.717, 1.165) is 51.4 Å². The van der Waals surface area contributed by atoms with Gasteiger partial charge in [0.1, 0.15) is 0 Å². The van der Waals surface area contributed by atoms with Gasteiger partial charge in [0, 0.05) is 12.8 Å². The summed E-state index contributed by atoms with van der Waals surface area (Å²) in [6, 6.07) is -0.629. The molecule has 0 aromatic carbocycles. The molecule has 0 aliphatic carbocycles. The second-order valence-electron chi connectivity index (χ2n) is 26.7. The van der Waals surface area contributed by atoms with Gasteiger partial charge in [0.15, 0.2) is 0 Å². The van der Waals surface area contributed by atoms with Crippen molar-refractivity contribution < 1.29 is 24.5 Å². The van der Waals surface area contributed by atoms with Gasteiger partial charge in [-0.25, -0.2) is 0 Å². The Labute approximate surface area is 532 Å². The molecule has 0 saturated carbocycles. The van der Waals surface area contributed by atoms with Crippen molar-refractivity contribution in [1.82, 2.24) is 5.32 Å². The SMILES string of the molecule is CCCCC/C=C\C/C=C\CCCCCCCCCCCC(=O)OCCCCCCCCCCCCCCCCCCCCCCCCCCC(=O)NC(CO)C(O)/C=C/CCCCCCCCCCCCCCCCCCCCCCCCC. The minimum absolute atomic E-state index is 0.0121. The van der Waals surface area contributed by atoms with Crippen LogP contribution in [0.5, 0.6) is 0 Å². The Kier molecular flexibility index (Phi) is 72.9. The fourth-order valence-corrected chi connectivity index (χ4v) is 12.3. The lowest BCUT2D eigenvalue weighted by Crippen LogP contribution is -2.45. The molecule has 1 amide bonds. The number of unbranched alkanes of at least 4 members (excludes halogenated alkanes) is 58. The van der Waals surface area contributed by atoms with Crippen LogP contribution in [0.2, 0.25) is 0 Å². The first-order valence-corrected chi connectivity index (χ1v) is 38.8. The quantitative estimate of drug-likeness (QED) is 0.0320. The molecule has 0 spiro atoms. The van der Waals surface area contributed by atoms with Crippen molar-refractivity contribution in [3.8, 4) is 0 Å². The number of nitrogens with one attached hydrogen (secondary N) is 1. The summed E-state index contributed by atoms with van der Waals surface area (Å²) in [6.45, 7) is 4.92. The van der Waals surface area contributed by atoms with Crippen LogP contribution in [-0.4, -0.2) is 47.4 Å². The second-order valence-corrected chi connectivity index (χ2v) is 26.7. The number of hydrogen-bond acceptors (Lipinski definition) is 5. The summed E-state index contributed by atoms with van der Waals surface area (Å²) < 4.78 is 5.51. The van der Waals surface area contributed by atoms with E-state index in [1.165, 1.54) is 353 Å². The molecule has 0 aliphatic rings. The third kappa shape index (κ3) is 71.0. The zero-order valence-electron chi connectivity index (χ0n) is 57.6. The van der Waals surface area contributed by atoms with Gasteiger partial charge in [0.2, 0.25) is 5.91 Å². The molecule has 2 atom stereocenters. The van der Waals surface area contributed by atoms with E-state index in [2.05, 4.69) is 43.5 Å². The predicted octanol–water partition coefficient (Wildman–Crippen LogP) is 25.4. The summed E-state index contributed by atoms with van der Waals surface area (Å²) in [5, 5.41) is 23.3. The van der Waals surface area contributed by atoms with E-state index in [4.69, 9.17) is 4.74 Å². The summed E-state index contributed by atoms with van der Waals surface area (Å²) in [5.41, 5.74) is 0. The number of ether oxygens (including phenoxy) is 1. The van der Waals surface area contributed by atoms with Crippen molar-refractivity contribution >= 4 is 11.9 Å². The van der Waals surface area contributed by atoms with Crippen LogP contribution in [0, 0.1) is 0 Å². The van der Waals surface area contributed by atoms with Crippen LogP contribution in [0.4, 0.5) is 0 Å². The monoisotopic (exact) mass is 1190 g/mol. The fraction of sp³-hybridized carbons (Fsp3) is 0.899. The van der Waals surface area contributed by atoms with Crippen LogP contribution in [0.15, 0.2) is 36.5 Å². The van der Waals surface area contributed by atoms with Crippen molar-refractivity contribution in [2.45, 2.75) is 443 Å². The first-order valence-electron chi connectivity index (χ1n) is 38.8. The first kappa shape index (κ1) is 83.1. The predicted molar refractivity (Wildman–Crippen MR) is 375 cm³/mol. The molecule has 3 N–H and O–H groups in total. The van der Waals surface area contributed by atoms with Gasteiger partial charge in [-0.15, -0.1) is 0 Å². The van der Waals surface area contributed by atoms with Crippen molar-refractivity contribution in [2.75, 3.05) is 13.2 Å². The molecule has 0 fully saturated rings. The van der Waals surface area contributed by atoms with Gasteiger partial charge in [0.25, 0.3) is 0 Å². The van der Waals surface area contributed by atoms with Crippen molar-refractivity contribution in [1.29, 1.82) is 0 Å². The Morgan fingerprint density at radius 2 is 0.588 bits per heavy atom. The van der Waals surface area contributed by atoms with Gasteiger partial charge in [-0.3, -0.25) is 9.59 Å². The molecule has 0 aliphatic heterocycles. The highest BCUT2D eigenvalue weighted by Gasteiger charge is 2.18. The highest BCUT2D eigenvalue weighted by molar-refractivity contribution is 5.76. The van der Waals surface area contributed by atoms with Gasteiger partial charge in [-0.1, -0.05) is 391 Å². The maximum atomic E-state index is 12.6. The molecule has 6 heteroatoms. The number of rotatable bonds is 73. The largest absolute Gasteiger partial charge is 0.466 e. The normalized spacial score (nSPS) is 12.7. The van der Waals surface area contributed by atoms with Gasteiger partial charge < -0.3 is 20.3 Å². The third-order valence-corrected chi connectivity index (χ3v) is 18.2. The van der Waals surface area contributed by atoms with Gasteiger partial charge in [-0.2, -0.15) is 0 Å². The number of aliphatic hydroxyl groups is 2. The Morgan fingerprint density at radius 3 is 0.918 bits per heavy atom. The van der Waals surface area contributed by atoms with Gasteiger partial charge in [-0.05, 0) is 64.2 Å². The van der Waals surface area contributed by atoms with Crippen molar-refractivity contribution in [3.63, 3.8) is 0 Å². The molecule has 0 rings (SSSR count). The lowest BCUT2D eigenvalue weighted by Gasteiger charge is -2.20. The van der Waals surface area contributed by atoms with Crippen LogP contribution in [-0.2, 0) is 14.3 Å². The van der Waals surface area contributed by atoms with E-state index < -0.39 is 12.1 Å². The van der Waals surface area contributed by atoms with E-state index in [1.807, 2.05) is 6.08 Å². The summed E-state index contributed by atoms with van der Waals surface area (Å²) in [5.74, 6) is -0.0498. The summed E-state index contributed by atoms with van der Waals surface area (Å²) >= 11 is 0. The van der Waals surface area contributed by atoms with E-state index in [-0.39, 0.29) is 18.5 Å². The highest BCUT2D eigenvalue weighted by atomic mass is 16.5. The molecule has 0 radical (unpaired) electrons. The molecule has 6 nitrogen and oxygen atoms in total. The zero-order chi connectivity index (χ0) is 61.3. The van der Waals surface area contributed by atoms with Crippen molar-refractivity contribution in [2.24, 2.45) is 0 Å². The molecular weight excluding hydrogens is 1040 g/mol. The number of esters is 1. The average molecular weight is 1200 g/mol. The third-order valence-electron chi connectivity index (χ3n) is 18.2. The lowest BCUT2D eigenvalue weighted by atomic mass is 10.0. The maximum Gasteiger partial charge on any atom is 0.305 e. The molecule has 0 heterocycles. The topological polar surface area (TPSA) is 95.9 Å². The smallest absolute Gasteiger partial charge is 0.305 e. The summed E-state index contributed by atoms with van der Waals surface area (Å²) in [6.07, 6.45) is 96.7. The molecule has 0 aromatic rings. The second kappa shape index (κ2) is 74.5. The molecule has 0 aromatic heterocycles. The molecule has 85 heavy (non-hydrogen) atoms. The Hall–Kier alpha value is -1.92.